The predicted molar refractivity (Wildman–Crippen MR) is 285 cm³/mol. The summed E-state index contributed by atoms with van der Waals surface area (Å²) in [6.45, 7) is 7.33. The van der Waals surface area contributed by atoms with Gasteiger partial charge in [0.25, 0.3) is 11.8 Å². The number of para-hydroxylation sites is 2. The van der Waals surface area contributed by atoms with Gasteiger partial charge in [-0.15, -0.1) is 0 Å². The van der Waals surface area contributed by atoms with Crippen molar-refractivity contribution in [2.75, 3.05) is 28.8 Å². The van der Waals surface area contributed by atoms with Crippen LogP contribution >= 0.6 is 0 Å². The Balaban J connectivity index is 0.903. The summed E-state index contributed by atoms with van der Waals surface area (Å²) in [6.07, 6.45) is 7.75. The largest absolute Gasteiger partial charge is 0.493 e. The second kappa shape index (κ2) is 22.7. The molecule has 0 unspecified atom stereocenters. The van der Waals surface area contributed by atoms with E-state index in [4.69, 9.17) is 14.2 Å². The van der Waals surface area contributed by atoms with E-state index >= 15 is 0 Å². The molecular formula is C60H65N5O9. The number of ether oxygens (including phenoxy) is 3. The maximum atomic E-state index is 14.2. The van der Waals surface area contributed by atoms with Crippen molar-refractivity contribution >= 4 is 58.5 Å². The lowest BCUT2D eigenvalue weighted by Gasteiger charge is -2.23. The van der Waals surface area contributed by atoms with Crippen molar-refractivity contribution in [3.8, 4) is 17.2 Å². The number of methoxy groups -OCH3 is 1. The summed E-state index contributed by atoms with van der Waals surface area (Å²) < 4.78 is 18.9. The lowest BCUT2D eigenvalue weighted by Crippen LogP contribution is -2.39. The molecule has 9 rings (SSSR count). The molecule has 0 saturated carbocycles. The number of ketones is 2. The molecule has 74 heavy (non-hydrogen) atoms. The van der Waals surface area contributed by atoms with Crippen molar-refractivity contribution in [1.29, 1.82) is 0 Å². The zero-order chi connectivity index (χ0) is 52.0. The van der Waals surface area contributed by atoms with Crippen LogP contribution in [0.3, 0.4) is 0 Å². The molecule has 0 saturated heterocycles. The van der Waals surface area contributed by atoms with Gasteiger partial charge in [-0.1, -0.05) is 43.3 Å². The summed E-state index contributed by atoms with van der Waals surface area (Å²) in [7, 11) is 1.55. The van der Waals surface area contributed by atoms with Gasteiger partial charge in [0, 0.05) is 65.5 Å². The molecule has 14 heteroatoms. The monoisotopic (exact) mass is 999 g/mol. The minimum atomic E-state index is -0.803. The van der Waals surface area contributed by atoms with E-state index in [0.29, 0.717) is 59.7 Å². The Labute approximate surface area is 432 Å². The highest BCUT2D eigenvalue weighted by atomic mass is 16.5. The molecule has 4 aliphatic heterocycles. The van der Waals surface area contributed by atoms with Gasteiger partial charge >= 0.3 is 0 Å². The number of fused-ring (bicyclic) bond motifs is 8. The van der Waals surface area contributed by atoms with E-state index in [-0.39, 0.29) is 79.9 Å². The number of aliphatic imine (C=N–C) groups is 1. The van der Waals surface area contributed by atoms with E-state index in [1.165, 1.54) is 11.1 Å². The Kier molecular flexibility index (Phi) is 15.7. The number of hydrogen-bond acceptors (Lipinski definition) is 10. The quantitative estimate of drug-likeness (QED) is 0.0569. The fourth-order valence-corrected chi connectivity index (χ4v) is 10.8. The average Bonchev–Trinajstić information content (AvgIpc) is 3.89. The summed E-state index contributed by atoms with van der Waals surface area (Å²) in [5.74, 6) is -0.171. The van der Waals surface area contributed by atoms with Crippen LogP contribution in [0.25, 0.3) is 0 Å². The molecule has 384 valence electrons. The maximum absolute atomic E-state index is 14.2. The Morgan fingerprint density at radius 2 is 1.28 bits per heavy atom. The normalized spacial score (nSPS) is 17.1. The van der Waals surface area contributed by atoms with Crippen LogP contribution in [0.4, 0.5) is 17.1 Å². The molecule has 4 aliphatic rings. The van der Waals surface area contributed by atoms with E-state index < -0.39 is 12.0 Å². The molecule has 14 nitrogen and oxygen atoms in total. The van der Waals surface area contributed by atoms with Crippen LogP contribution in [-0.4, -0.2) is 73.2 Å². The first-order valence-electron chi connectivity index (χ1n) is 25.9. The highest BCUT2D eigenvalue weighted by Gasteiger charge is 2.39. The Hall–Kier alpha value is -7.61. The molecule has 0 fully saturated rings. The SMILES string of the molecule is CC=NCC(=O)CCCCC(=O)N[C@@H](C)C(=O)C[C@@H](C)C(=O)Nc1cc(COc2cc3c(cc2C)C(=O)N2c4ccccc4C[C@H]2CC3)cc(COc2cc3c(cc2OC)C(=O)N2c4ccccc4C[C@H]2CC3)c1. The second-order valence-corrected chi connectivity index (χ2v) is 20.1. The smallest absolute Gasteiger partial charge is 0.258 e. The van der Waals surface area contributed by atoms with E-state index in [1.807, 2.05) is 89.5 Å². The van der Waals surface area contributed by atoms with Crippen LogP contribution in [-0.2, 0) is 58.1 Å². The van der Waals surface area contributed by atoms with Gasteiger partial charge in [-0.3, -0.25) is 33.8 Å². The van der Waals surface area contributed by atoms with Gasteiger partial charge in [-0.2, -0.15) is 0 Å². The molecule has 0 radical (unpaired) electrons. The predicted octanol–water partition coefficient (Wildman–Crippen LogP) is 9.46. The number of carbonyl (C=O) groups excluding carboxylic acids is 6. The maximum Gasteiger partial charge on any atom is 0.258 e. The number of aryl methyl sites for hydroxylation is 3. The molecule has 4 amide bonds. The molecule has 0 spiro atoms. The number of carbonyl (C=O) groups is 6. The molecule has 4 heterocycles. The van der Waals surface area contributed by atoms with Crippen molar-refractivity contribution in [3.63, 3.8) is 0 Å². The van der Waals surface area contributed by atoms with Crippen LogP contribution in [0.15, 0.2) is 96.0 Å². The van der Waals surface area contributed by atoms with Gasteiger partial charge in [-0.25, -0.2) is 0 Å². The van der Waals surface area contributed by atoms with E-state index in [1.54, 1.807) is 40.2 Å². The van der Waals surface area contributed by atoms with Gasteiger partial charge < -0.3 is 34.6 Å². The minimum absolute atomic E-state index is 0.00390. The van der Waals surface area contributed by atoms with E-state index in [9.17, 15) is 28.8 Å². The molecule has 0 bridgehead atoms. The number of unbranched alkanes of at least 4 members (excludes halogenated alkanes) is 1. The van der Waals surface area contributed by atoms with Crippen molar-refractivity contribution < 1.29 is 43.0 Å². The zero-order valence-corrected chi connectivity index (χ0v) is 43.0. The highest BCUT2D eigenvalue weighted by molar-refractivity contribution is 6.10. The van der Waals surface area contributed by atoms with Gasteiger partial charge in [0.2, 0.25) is 11.8 Å². The fourth-order valence-electron chi connectivity index (χ4n) is 10.8. The molecular weight excluding hydrogens is 935 g/mol. The van der Waals surface area contributed by atoms with Crippen molar-refractivity contribution in [2.24, 2.45) is 10.9 Å². The van der Waals surface area contributed by atoms with Crippen LogP contribution in [0, 0.1) is 12.8 Å². The summed E-state index contributed by atoms with van der Waals surface area (Å²) >= 11 is 0. The fraction of sp³-hybridized carbons (Fsp3) is 0.383. The summed E-state index contributed by atoms with van der Waals surface area (Å²) in [6, 6.07) is 28.8. The van der Waals surface area contributed by atoms with Crippen LogP contribution < -0.4 is 34.6 Å². The van der Waals surface area contributed by atoms with Crippen molar-refractivity contribution in [2.45, 2.75) is 130 Å². The summed E-state index contributed by atoms with van der Waals surface area (Å²) in [5, 5.41) is 5.76. The number of Topliss-reactive ketones (excluding diaryl/α,β-unsaturated/α-hetero) is 2. The average molecular weight is 1000 g/mol. The lowest BCUT2D eigenvalue weighted by molar-refractivity contribution is -0.129. The first kappa shape index (κ1) is 51.3. The third kappa shape index (κ3) is 11.3. The molecule has 0 aliphatic carbocycles. The Bertz CT molecular complexity index is 3040. The molecule has 5 aromatic rings. The second-order valence-electron chi connectivity index (χ2n) is 20.1. The van der Waals surface area contributed by atoms with Crippen molar-refractivity contribution in [1.82, 2.24) is 5.32 Å². The number of hydrogen-bond donors (Lipinski definition) is 2. The Morgan fingerprint density at radius 1 is 0.716 bits per heavy atom. The first-order valence-corrected chi connectivity index (χ1v) is 25.9. The van der Waals surface area contributed by atoms with Gasteiger partial charge in [0.15, 0.2) is 23.1 Å². The number of anilines is 3. The standard InChI is InChI=1S/C60H65N5O9/c1-6-61-33-48(66)15-9-12-18-57(68)62-38(4)53(67)24-37(3)58(69)63-45-26-39(34-73-54-30-41-19-21-46-28-43-13-7-10-16-51(43)64(46)59(70)49(41)23-36(54)2)25-40(27-45)35-74-56-31-42-20-22-47-29-44-14-8-11-17-52(44)65(47)60(71)50(42)32-55(56)72-5/h6-8,10-11,13-14,16-17,23,25-27,30-32,37-38,46-47H,9,12,15,18-22,24,28-29,33-35H2,1-5H3,(H,62,68)(H,63,69)/t37-,38+,46-,47-/m1/s1. The van der Waals surface area contributed by atoms with Crippen molar-refractivity contribution in [3.05, 3.63) is 141 Å². The van der Waals surface area contributed by atoms with Crippen LogP contribution in [0.2, 0.25) is 0 Å². The lowest BCUT2D eigenvalue weighted by atomic mass is 9.98. The van der Waals surface area contributed by atoms with Crippen LogP contribution in [0.1, 0.15) is 125 Å². The Morgan fingerprint density at radius 3 is 1.89 bits per heavy atom. The highest BCUT2D eigenvalue weighted by Crippen LogP contribution is 2.42. The third-order valence-corrected chi connectivity index (χ3v) is 14.8. The first-order chi connectivity index (χ1) is 35.8. The van der Waals surface area contributed by atoms with E-state index in [2.05, 4.69) is 27.8 Å². The number of benzene rings is 5. The molecule has 5 aromatic carbocycles. The summed E-state index contributed by atoms with van der Waals surface area (Å²) in [4.78, 5) is 87.8. The van der Waals surface area contributed by atoms with Gasteiger partial charge in [0.1, 0.15) is 19.0 Å². The summed E-state index contributed by atoms with van der Waals surface area (Å²) in [5.41, 5.74) is 10.2. The van der Waals surface area contributed by atoms with Gasteiger partial charge in [-0.05, 0) is 172 Å². The third-order valence-electron chi connectivity index (χ3n) is 14.8. The number of amides is 4. The van der Waals surface area contributed by atoms with Gasteiger partial charge in [0.05, 0.1) is 19.7 Å². The molecule has 2 N–H and O–H groups in total. The molecule has 0 aromatic heterocycles. The number of nitrogens with zero attached hydrogens (tertiary/aromatic N) is 3. The topological polar surface area (TPSA) is 173 Å². The van der Waals surface area contributed by atoms with Crippen LogP contribution in [0.5, 0.6) is 17.2 Å². The minimum Gasteiger partial charge on any atom is -0.493 e. The zero-order valence-electron chi connectivity index (χ0n) is 43.0. The number of rotatable bonds is 20. The molecule has 4 atom stereocenters. The van der Waals surface area contributed by atoms with E-state index in [0.717, 1.165) is 71.3 Å². The number of nitrogens with one attached hydrogen (secondary N) is 2.